The molecule has 0 heterocycles. The van der Waals surface area contributed by atoms with Crippen LogP contribution in [0.5, 0.6) is 0 Å². The molecular weight excluding hydrogens is 436 g/mol. The average Bonchev–Trinajstić information content (AvgIpc) is 3.09. The third-order valence-corrected chi connectivity index (χ3v) is 11.6. The lowest BCUT2D eigenvalue weighted by molar-refractivity contribution is -0.193. The van der Waals surface area contributed by atoms with Gasteiger partial charge >= 0.3 is 0 Å². The highest BCUT2D eigenvalue weighted by Crippen LogP contribution is 2.68. The zero-order chi connectivity index (χ0) is 25.8. The molecule has 35 heavy (non-hydrogen) atoms. The maximum Gasteiger partial charge on any atom is 0.0838 e. The van der Waals surface area contributed by atoms with Gasteiger partial charge in [0.1, 0.15) is 0 Å². The molecule has 0 bridgehead atoms. The van der Waals surface area contributed by atoms with Crippen LogP contribution in [-0.2, 0) is 4.74 Å². The minimum atomic E-state index is -0.851. The summed E-state index contributed by atoms with van der Waals surface area (Å²) < 4.78 is 6.05. The van der Waals surface area contributed by atoms with Gasteiger partial charge in [0.15, 0.2) is 0 Å². The first-order valence-corrected chi connectivity index (χ1v) is 14.9. The third-order valence-electron chi connectivity index (χ3n) is 11.6. The topological polar surface area (TPSA) is 69.9 Å². The number of ether oxygens (including phenoxy) is 1. The number of hydrogen-bond acceptors (Lipinski definition) is 4. The Hall–Kier alpha value is -0.160. The molecule has 0 amide bonds. The van der Waals surface area contributed by atoms with Crippen LogP contribution in [0.3, 0.4) is 0 Å². The van der Waals surface area contributed by atoms with Crippen molar-refractivity contribution in [3.05, 3.63) is 0 Å². The Labute approximate surface area is 215 Å². The second kappa shape index (κ2) is 9.86. The van der Waals surface area contributed by atoms with E-state index >= 15 is 0 Å². The maximum absolute atomic E-state index is 11.4. The summed E-state index contributed by atoms with van der Waals surface area (Å²) in [5, 5.41) is 31.6. The first-order valence-electron chi connectivity index (χ1n) is 14.9. The number of aliphatic hydroxyl groups is 3. The van der Waals surface area contributed by atoms with Crippen molar-refractivity contribution in [1.82, 2.24) is 0 Å². The van der Waals surface area contributed by atoms with E-state index in [1.54, 1.807) is 13.8 Å². The molecule has 0 spiro atoms. The van der Waals surface area contributed by atoms with Gasteiger partial charge in [-0.25, -0.2) is 0 Å². The van der Waals surface area contributed by atoms with E-state index in [1.165, 1.54) is 38.5 Å². The molecule has 0 saturated heterocycles. The zero-order valence-corrected chi connectivity index (χ0v) is 23.9. The minimum Gasteiger partial charge on any atom is -0.390 e. The summed E-state index contributed by atoms with van der Waals surface area (Å²) in [7, 11) is 0. The van der Waals surface area contributed by atoms with E-state index in [9.17, 15) is 15.3 Å². The van der Waals surface area contributed by atoms with Crippen LogP contribution in [0.4, 0.5) is 0 Å². The van der Waals surface area contributed by atoms with E-state index in [1.807, 2.05) is 13.8 Å². The molecular formula is C31H56O4. The summed E-state index contributed by atoms with van der Waals surface area (Å²) in [4.78, 5) is 0. The van der Waals surface area contributed by atoms with Crippen LogP contribution in [0.15, 0.2) is 0 Å². The van der Waals surface area contributed by atoms with Gasteiger partial charge < -0.3 is 20.1 Å². The van der Waals surface area contributed by atoms with Gasteiger partial charge in [0.25, 0.3) is 0 Å². The van der Waals surface area contributed by atoms with Crippen molar-refractivity contribution in [2.75, 3.05) is 6.61 Å². The Balaban J connectivity index is 1.42. The molecule has 4 aliphatic rings. The summed E-state index contributed by atoms with van der Waals surface area (Å²) in [6, 6.07) is 0. The van der Waals surface area contributed by atoms with Crippen LogP contribution in [0.2, 0.25) is 0 Å². The summed E-state index contributed by atoms with van der Waals surface area (Å²) in [6.45, 7) is 15.3. The third kappa shape index (κ3) is 5.52. The molecule has 0 radical (unpaired) electrons. The van der Waals surface area contributed by atoms with Crippen molar-refractivity contribution in [1.29, 1.82) is 0 Å². The summed E-state index contributed by atoms with van der Waals surface area (Å²) in [5.74, 6) is 4.25. The highest BCUT2D eigenvalue weighted by atomic mass is 16.5. The second-order valence-corrected chi connectivity index (χ2v) is 15.2. The molecule has 204 valence electrons. The van der Waals surface area contributed by atoms with Crippen molar-refractivity contribution in [2.24, 2.45) is 46.3 Å². The van der Waals surface area contributed by atoms with Crippen LogP contribution in [0, 0.1) is 46.3 Å². The number of rotatable bonds is 8. The molecule has 4 fully saturated rings. The van der Waals surface area contributed by atoms with Gasteiger partial charge in [-0.2, -0.15) is 0 Å². The van der Waals surface area contributed by atoms with Gasteiger partial charge in [0.2, 0.25) is 0 Å². The lowest BCUT2D eigenvalue weighted by atomic mass is 9.44. The fourth-order valence-corrected chi connectivity index (χ4v) is 9.83. The quantitative estimate of drug-likeness (QED) is 0.369. The first-order chi connectivity index (χ1) is 16.2. The van der Waals surface area contributed by atoms with Gasteiger partial charge in [-0.3, -0.25) is 0 Å². The molecule has 4 aliphatic carbocycles. The van der Waals surface area contributed by atoms with Gasteiger partial charge in [0, 0.05) is 0 Å². The van der Waals surface area contributed by atoms with E-state index in [0.717, 1.165) is 61.7 Å². The average molecular weight is 493 g/mol. The van der Waals surface area contributed by atoms with Crippen molar-refractivity contribution in [3.63, 3.8) is 0 Å². The molecule has 4 rings (SSSR count). The predicted molar refractivity (Wildman–Crippen MR) is 142 cm³/mol. The fraction of sp³-hybridized carbons (Fsp3) is 1.00. The lowest BCUT2D eigenvalue weighted by Gasteiger charge is -2.62. The molecule has 3 N–H and O–H groups in total. The fourth-order valence-electron chi connectivity index (χ4n) is 9.83. The number of hydrogen-bond donors (Lipinski definition) is 3. The molecule has 0 aromatic heterocycles. The lowest BCUT2D eigenvalue weighted by Crippen LogP contribution is -2.59. The summed E-state index contributed by atoms with van der Waals surface area (Å²) in [6.07, 6.45) is 12.6. The number of aliphatic hydroxyl groups excluding tert-OH is 1. The van der Waals surface area contributed by atoms with Crippen molar-refractivity contribution in [2.45, 2.75) is 143 Å². The van der Waals surface area contributed by atoms with E-state index in [0.29, 0.717) is 17.9 Å². The Kier molecular flexibility index (Phi) is 7.85. The highest BCUT2D eigenvalue weighted by Gasteiger charge is 2.62. The standard InChI is InChI=1S/C31H56O4/c1-20(9-8-16-28(2,3)33)22-12-13-23-21-10-11-25-27(32)26(35-19-29(4,5)34)15-18-31(25,7)24(21)14-17-30(22,23)6/h20-27,32-34H,8-19H2,1-7H3/t20-,21+,22-,23+,24+,25+,26+,27+,30-,31-/m1/s1. The van der Waals surface area contributed by atoms with Crippen LogP contribution < -0.4 is 0 Å². The van der Waals surface area contributed by atoms with E-state index in [2.05, 4.69) is 20.8 Å². The SMILES string of the molecule is C[C@H](CCCC(C)(C)O)[C@H]1CC[C@H]2[C@@H]3CC[C@H]4[C@H](O)[C@@H](OCC(C)(C)O)CC[C@]4(C)[C@H]3CC[C@]12C. The minimum absolute atomic E-state index is 0.134. The van der Waals surface area contributed by atoms with Gasteiger partial charge in [0.05, 0.1) is 30.0 Å². The molecule has 0 aromatic carbocycles. The summed E-state index contributed by atoms with van der Waals surface area (Å²) in [5.41, 5.74) is -0.716. The van der Waals surface area contributed by atoms with Crippen LogP contribution >= 0.6 is 0 Å². The van der Waals surface area contributed by atoms with Crippen LogP contribution in [-0.4, -0.2) is 45.3 Å². The molecule has 4 nitrogen and oxygen atoms in total. The van der Waals surface area contributed by atoms with Crippen molar-refractivity contribution < 1.29 is 20.1 Å². The Morgan fingerprint density at radius 1 is 0.829 bits per heavy atom. The van der Waals surface area contributed by atoms with Crippen LogP contribution in [0.25, 0.3) is 0 Å². The van der Waals surface area contributed by atoms with Gasteiger partial charge in [-0.15, -0.1) is 0 Å². The second-order valence-electron chi connectivity index (χ2n) is 15.2. The van der Waals surface area contributed by atoms with Crippen molar-refractivity contribution in [3.8, 4) is 0 Å². The van der Waals surface area contributed by atoms with Gasteiger partial charge in [-0.1, -0.05) is 33.6 Å². The van der Waals surface area contributed by atoms with Crippen LogP contribution in [0.1, 0.15) is 119 Å². The molecule has 4 saturated carbocycles. The van der Waals surface area contributed by atoms with E-state index in [4.69, 9.17) is 4.74 Å². The molecule has 4 heteroatoms. The highest BCUT2D eigenvalue weighted by molar-refractivity contribution is 5.11. The van der Waals surface area contributed by atoms with Gasteiger partial charge in [-0.05, 0) is 132 Å². The monoisotopic (exact) mass is 492 g/mol. The Morgan fingerprint density at radius 2 is 1.46 bits per heavy atom. The summed E-state index contributed by atoms with van der Waals surface area (Å²) >= 11 is 0. The molecule has 0 unspecified atom stereocenters. The zero-order valence-electron chi connectivity index (χ0n) is 23.9. The molecule has 0 aliphatic heterocycles. The number of fused-ring (bicyclic) bond motifs is 5. The smallest absolute Gasteiger partial charge is 0.0838 e. The normalized spacial score (nSPS) is 44.9. The Bertz CT molecular complexity index is 722. The predicted octanol–water partition coefficient (Wildman–Crippen LogP) is 6.35. The van der Waals surface area contributed by atoms with E-state index in [-0.39, 0.29) is 11.5 Å². The maximum atomic E-state index is 11.4. The Morgan fingerprint density at radius 3 is 2.11 bits per heavy atom. The molecule has 0 aromatic rings. The van der Waals surface area contributed by atoms with E-state index < -0.39 is 17.3 Å². The first kappa shape index (κ1) is 27.9. The largest absolute Gasteiger partial charge is 0.390 e. The van der Waals surface area contributed by atoms with Crippen molar-refractivity contribution >= 4 is 0 Å². The molecule has 10 atom stereocenters.